The molecule has 6 heteroatoms. The highest BCUT2D eigenvalue weighted by Crippen LogP contribution is 2.16. The Bertz CT molecular complexity index is 1180. The summed E-state index contributed by atoms with van der Waals surface area (Å²) in [7, 11) is 0. The van der Waals surface area contributed by atoms with E-state index in [2.05, 4.69) is 81.5 Å². The fourth-order valence-electron chi connectivity index (χ4n) is 7.79. The number of carbonyl (C=O) groups excluding carboxylic acids is 3. The van der Waals surface area contributed by atoms with Crippen molar-refractivity contribution in [2.24, 2.45) is 0 Å². The van der Waals surface area contributed by atoms with Crippen LogP contribution < -0.4 is 0 Å². The number of carbonyl (C=O) groups is 3. The Labute approximate surface area is 402 Å². The Kier molecular flexibility index (Phi) is 51.3. The summed E-state index contributed by atoms with van der Waals surface area (Å²) >= 11 is 0. The first-order valence-corrected chi connectivity index (χ1v) is 27.8. The summed E-state index contributed by atoms with van der Waals surface area (Å²) in [5.74, 6) is -0.974. The van der Waals surface area contributed by atoms with E-state index in [0.717, 1.165) is 70.6 Å². The molecule has 0 heterocycles. The third-order valence-electron chi connectivity index (χ3n) is 12.0. The second kappa shape index (κ2) is 53.7. The van der Waals surface area contributed by atoms with Crippen LogP contribution in [-0.2, 0) is 28.6 Å². The largest absolute Gasteiger partial charge is 0.462 e. The third-order valence-corrected chi connectivity index (χ3v) is 12.0. The predicted molar refractivity (Wildman–Crippen MR) is 279 cm³/mol. The molecule has 376 valence electrons. The lowest BCUT2D eigenvalue weighted by Gasteiger charge is -2.18. The maximum Gasteiger partial charge on any atom is 0.306 e. The molecule has 0 aliphatic heterocycles. The van der Waals surface area contributed by atoms with Crippen LogP contribution in [0.2, 0.25) is 0 Å². The van der Waals surface area contributed by atoms with Crippen LogP contribution >= 0.6 is 0 Å². The zero-order chi connectivity index (χ0) is 47.2. The average Bonchev–Trinajstić information content (AvgIpc) is 3.30. The van der Waals surface area contributed by atoms with Crippen molar-refractivity contribution in [3.05, 3.63) is 60.8 Å². The van der Waals surface area contributed by atoms with Crippen molar-refractivity contribution in [1.82, 2.24) is 0 Å². The number of hydrogen-bond donors (Lipinski definition) is 0. The van der Waals surface area contributed by atoms with Gasteiger partial charge in [0, 0.05) is 19.3 Å². The highest BCUT2D eigenvalue weighted by atomic mass is 16.6. The van der Waals surface area contributed by atoms with E-state index in [4.69, 9.17) is 14.2 Å². The molecule has 0 saturated carbocycles. The third kappa shape index (κ3) is 51.9. The summed E-state index contributed by atoms with van der Waals surface area (Å²) in [6.45, 7) is 6.54. The first kappa shape index (κ1) is 62.1. The standard InChI is InChI=1S/C59H104O6/c1-4-7-10-13-16-19-22-24-26-28-29-31-32-34-37-40-43-46-49-52-58(61)64-55-56(54-63-57(60)51-48-45-42-39-36-21-18-15-12-9-6-3)65-59(62)53-50-47-44-41-38-35-33-30-27-25-23-20-17-14-11-8-5-2/h15,18,21,25,27,33,35-36,41,44,56H,4-14,16-17,19-20,22-24,26,28-32,34,37-40,42-43,45-55H2,1-3H3/b18-15-,27-25-,35-33-,36-21-,44-41-. The molecule has 0 aromatic rings. The summed E-state index contributed by atoms with van der Waals surface area (Å²) in [5, 5.41) is 0. The number of esters is 3. The molecule has 0 amide bonds. The fourth-order valence-corrected chi connectivity index (χ4v) is 7.79. The van der Waals surface area contributed by atoms with Crippen LogP contribution in [-0.4, -0.2) is 37.2 Å². The molecule has 0 rings (SSSR count). The smallest absolute Gasteiger partial charge is 0.306 e. The molecule has 0 aromatic carbocycles. The Morgan fingerprint density at radius 2 is 0.631 bits per heavy atom. The van der Waals surface area contributed by atoms with E-state index < -0.39 is 6.10 Å². The molecule has 1 atom stereocenters. The summed E-state index contributed by atoms with van der Waals surface area (Å²) in [4.78, 5) is 38.0. The molecule has 0 spiro atoms. The number of rotatable bonds is 50. The Hall–Kier alpha value is -2.89. The van der Waals surface area contributed by atoms with Crippen molar-refractivity contribution in [3.63, 3.8) is 0 Å². The first-order valence-electron chi connectivity index (χ1n) is 27.8. The predicted octanol–water partition coefficient (Wildman–Crippen LogP) is 18.4. The lowest BCUT2D eigenvalue weighted by Crippen LogP contribution is -2.30. The van der Waals surface area contributed by atoms with Gasteiger partial charge in [-0.1, -0.05) is 248 Å². The van der Waals surface area contributed by atoms with Crippen LogP contribution in [0.3, 0.4) is 0 Å². The van der Waals surface area contributed by atoms with Gasteiger partial charge in [0.05, 0.1) is 0 Å². The van der Waals surface area contributed by atoms with Gasteiger partial charge in [-0.25, -0.2) is 0 Å². The topological polar surface area (TPSA) is 78.9 Å². The van der Waals surface area contributed by atoms with E-state index >= 15 is 0 Å². The van der Waals surface area contributed by atoms with E-state index in [1.807, 2.05) is 0 Å². The van der Waals surface area contributed by atoms with E-state index in [1.165, 1.54) is 161 Å². The van der Waals surface area contributed by atoms with Crippen LogP contribution in [0.15, 0.2) is 60.8 Å². The van der Waals surface area contributed by atoms with Gasteiger partial charge < -0.3 is 14.2 Å². The second-order valence-electron chi connectivity index (χ2n) is 18.5. The Balaban J connectivity index is 4.40. The quantitative estimate of drug-likeness (QED) is 0.0199. The average molecular weight is 909 g/mol. The molecule has 0 aliphatic carbocycles. The molecule has 0 N–H and O–H groups in total. The summed E-state index contributed by atoms with van der Waals surface area (Å²) < 4.78 is 16.8. The van der Waals surface area contributed by atoms with Crippen molar-refractivity contribution >= 4 is 17.9 Å². The molecule has 1 unspecified atom stereocenters. The number of allylic oxidation sites excluding steroid dienone is 10. The fraction of sp³-hybridized carbons (Fsp3) is 0.780. The molecule has 6 nitrogen and oxygen atoms in total. The highest BCUT2D eigenvalue weighted by Gasteiger charge is 2.19. The molecule has 0 radical (unpaired) electrons. The molecule has 0 fully saturated rings. The molecular weight excluding hydrogens is 805 g/mol. The van der Waals surface area contributed by atoms with Gasteiger partial charge in [-0.15, -0.1) is 0 Å². The number of ether oxygens (including phenoxy) is 3. The van der Waals surface area contributed by atoms with Crippen molar-refractivity contribution in [3.8, 4) is 0 Å². The zero-order valence-corrected chi connectivity index (χ0v) is 43.0. The van der Waals surface area contributed by atoms with Crippen molar-refractivity contribution in [1.29, 1.82) is 0 Å². The van der Waals surface area contributed by atoms with Crippen molar-refractivity contribution < 1.29 is 28.6 Å². The van der Waals surface area contributed by atoms with Gasteiger partial charge in [-0.3, -0.25) is 14.4 Å². The van der Waals surface area contributed by atoms with Gasteiger partial charge in [0.1, 0.15) is 13.2 Å². The van der Waals surface area contributed by atoms with Crippen LogP contribution in [0.4, 0.5) is 0 Å². The summed E-state index contributed by atoms with van der Waals surface area (Å²) in [6, 6.07) is 0. The summed E-state index contributed by atoms with van der Waals surface area (Å²) in [6.07, 6.45) is 66.5. The van der Waals surface area contributed by atoms with E-state index in [0.29, 0.717) is 19.3 Å². The Morgan fingerprint density at radius 3 is 1.06 bits per heavy atom. The van der Waals surface area contributed by atoms with Gasteiger partial charge in [-0.2, -0.15) is 0 Å². The first-order chi connectivity index (χ1) is 32.0. The minimum atomic E-state index is -0.809. The molecule has 0 aromatic heterocycles. The molecule has 0 bridgehead atoms. The van der Waals surface area contributed by atoms with Crippen molar-refractivity contribution in [2.45, 2.75) is 284 Å². The van der Waals surface area contributed by atoms with Gasteiger partial charge in [-0.05, 0) is 70.6 Å². The molecule has 65 heavy (non-hydrogen) atoms. The molecule has 0 saturated heterocycles. The Morgan fingerprint density at radius 1 is 0.323 bits per heavy atom. The van der Waals surface area contributed by atoms with E-state index in [-0.39, 0.29) is 37.5 Å². The zero-order valence-electron chi connectivity index (χ0n) is 43.0. The van der Waals surface area contributed by atoms with Crippen molar-refractivity contribution in [2.75, 3.05) is 13.2 Å². The SMILES string of the molecule is CCCC/C=C\C=C/CCCCCC(=O)OCC(COC(=O)CCCCCCCCCCCCCCCCCCCCC)OC(=O)CCC/C=C\C/C=C\C/C=C\CCCCCCCC. The maximum atomic E-state index is 12.8. The van der Waals surface area contributed by atoms with Gasteiger partial charge >= 0.3 is 17.9 Å². The van der Waals surface area contributed by atoms with Crippen LogP contribution in [0.25, 0.3) is 0 Å². The minimum Gasteiger partial charge on any atom is -0.462 e. The maximum absolute atomic E-state index is 12.8. The number of unbranched alkanes of at least 4 members (excludes halogenated alkanes) is 30. The van der Waals surface area contributed by atoms with Crippen LogP contribution in [0, 0.1) is 0 Å². The van der Waals surface area contributed by atoms with E-state index in [9.17, 15) is 14.4 Å². The second-order valence-corrected chi connectivity index (χ2v) is 18.5. The highest BCUT2D eigenvalue weighted by molar-refractivity contribution is 5.71. The lowest BCUT2D eigenvalue weighted by molar-refractivity contribution is -0.167. The van der Waals surface area contributed by atoms with Gasteiger partial charge in [0.2, 0.25) is 0 Å². The monoisotopic (exact) mass is 909 g/mol. The molecule has 0 aliphatic rings. The lowest BCUT2D eigenvalue weighted by atomic mass is 10.0. The summed E-state index contributed by atoms with van der Waals surface area (Å²) in [5.41, 5.74) is 0. The van der Waals surface area contributed by atoms with E-state index in [1.54, 1.807) is 0 Å². The van der Waals surface area contributed by atoms with Crippen LogP contribution in [0.1, 0.15) is 278 Å². The minimum absolute atomic E-state index is 0.101. The number of hydrogen-bond acceptors (Lipinski definition) is 6. The van der Waals surface area contributed by atoms with Gasteiger partial charge in [0.15, 0.2) is 6.10 Å². The normalized spacial score (nSPS) is 12.5. The molecular formula is C59H104O6. The van der Waals surface area contributed by atoms with Gasteiger partial charge in [0.25, 0.3) is 0 Å². The van der Waals surface area contributed by atoms with Crippen LogP contribution in [0.5, 0.6) is 0 Å².